The van der Waals surface area contributed by atoms with Gasteiger partial charge in [0.1, 0.15) is 5.76 Å². The van der Waals surface area contributed by atoms with Crippen LogP contribution in [0.1, 0.15) is 30.2 Å². The van der Waals surface area contributed by atoms with Gasteiger partial charge in [0, 0.05) is 24.2 Å². The summed E-state index contributed by atoms with van der Waals surface area (Å²) in [5.41, 5.74) is 0.558. The summed E-state index contributed by atoms with van der Waals surface area (Å²) in [5, 5.41) is 0. The number of H-pyrrole nitrogens is 1. The number of hydrogen-bond donors (Lipinski definition) is 2. The van der Waals surface area contributed by atoms with Crippen molar-refractivity contribution in [2.45, 2.75) is 30.2 Å². The predicted octanol–water partition coefficient (Wildman–Crippen LogP) is 1.32. The molecule has 2 N–H and O–H groups in total. The highest BCUT2D eigenvalue weighted by atomic mass is 32.2. The van der Waals surface area contributed by atoms with Crippen LogP contribution in [0.3, 0.4) is 0 Å². The lowest BCUT2D eigenvalue weighted by Crippen LogP contribution is -2.31. The third-order valence-corrected chi connectivity index (χ3v) is 4.88. The first kappa shape index (κ1) is 13.1. The van der Waals surface area contributed by atoms with Gasteiger partial charge in [0.05, 0.1) is 17.2 Å². The van der Waals surface area contributed by atoms with Crippen molar-refractivity contribution >= 4 is 10.0 Å². The van der Waals surface area contributed by atoms with Gasteiger partial charge in [-0.1, -0.05) is 0 Å². The van der Waals surface area contributed by atoms with Gasteiger partial charge in [-0.3, -0.25) is 4.79 Å². The minimum Gasteiger partial charge on any atom is -0.469 e. The SMILES string of the molecule is O=c1ccc(S(=O)(=O)NC2CCCc3occc32)c[nH]1. The number of nitrogens with one attached hydrogen (secondary N) is 2. The van der Waals surface area contributed by atoms with Crippen molar-refractivity contribution in [3.8, 4) is 0 Å². The van der Waals surface area contributed by atoms with E-state index in [-0.39, 0.29) is 16.5 Å². The van der Waals surface area contributed by atoms with Gasteiger partial charge in [-0.25, -0.2) is 13.1 Å². The van der Waals surface area contributed by atoms with Crippen LogP contribution < -0.4 is 10.3 Å². The Morgan fingerprint density at radius 3 is 2.90 bits per heavy atom. The molecule has 0 aliphatic heterocycles. The van der Waals surface area contributed by atoms with Crippen LogP contribution in [0.5, 0.6) is 0 Å². The van der Waals surface area contributed by atoms with E-state index in [0.717, 1.165) is 30.6 Å². The van der Waals surface area contributed by atoms with Crippen molar-refractivity contribution in [1.82, 2.24) is 9.71 Å². The second kappa shape index (κ2) is 4.92. The molecule has 1 aliphatic rings. The topological polar surface area (TPSA) is 92.2 Å². The number of aryl methyl sites for hydroxylation is 1. The smallest absolute Gasteiger partial charge is 0.247 e. The van der Waals surface area contributed by atoms with Crippen LogP contribution in [-0.2, 0) is 16.4 Å². The Morgan fingerprint density at radius 2 is 2.15 bits per heavy atom. The van der Waals surface area contributed by atoms with Gasteiger partial charge < -0.3 is 9.40 Å². The van der Waals surface area contributed by atoms with Gasteiger partial charge in [0.15, 0.2) is 0 Å². The Labute approximate surface area is 115 Å². The standard InChI is InChI=1S/C13H14N2O4S/c16-13-5-4-9(8-14-13)20(17,18)15-11-2-1-3-12-10(11)6-7-19-12/h4-8,11,15H,1-3H2,(H,14,16). The van der Waals surface area contributed by atoms with E-state index in [0.29, 0.717) is 0 Å². The summed E-state index contributed by atoms with van der Waals surface area (Å²) in [6.07, 6.45) is 5.22. The number of furan rings is 1. The van der Waals surface area contributed by atoms with E-state index in [2.05, 4.69) is 9.71 Å². The molecule has 1 atom stereocenters. The summed E-state index contributed by atoms with van der Waals surface area (Å²) in [4.78, 5) is 13.4. The fourth-order valence-electron chi connectivity index (χ4n) is 2.43. The van der Waals surface area contributed by atoms with Crippen molar-refractivity contribution in [3.63, 3.8) is 0 Å². The monoisotopic (exact) mass is 294 g/mol. The third kappa shape index (κ3) is 2.41. The molecule has 0 aromatic carbocycles. The Bertz CT molecular complexity index is 755. The molecule has 0 bridgehead atoms. The van der Waals surface area contributed by atoms with E-state index < -0.39 is 10.0 Å². The van der Waals surface area contributed by atoms with Crippen molar-refractivity contribution in [3.05, 3.63) is 52.3 Å². The molecule has 0 fully saturated rings. The number of rotatable bonds is 3. The Kier molecular flexibility index (Phi) is 3.23. The number of aromatic nitrogens is 1. The molecular weight excluding hydrogens is 280 g/mol. The summed E-state index contributed by atoms with van der Waals surface area (Å²) in [6.45, 7) is 0. The fraction of sp³-hybridized carbons (Fsp3) is 0.308. The number of sulfonamides is 1. The number of hydrogen-bond acceptors (Lipinski definition) is 4. The van der Waals surface area contributed by atoms with Crippen molar-refractivity contribution in [1.29, 1.82) is 0 Å². The highest BCUT2D eigenvalue weighted by Gasteiger charge is 2.27. The number of aromatic amines is 1. The predicted molar refractivity (Wildman–Crippen MR) is 71.8 cm³/mol. The van der Waals surface area contributed by atoms with Gasteiger partial charge in [-0.15, -0.1) is 0 Å². The molecule has 3 rings (SSSR count). The molecule has 20 heavy (non-hydrogen) atoms. The quantitative estimate of drug-likeness (QED) is 0.893. The molecule has 0 saturated heterocycles. The second-order valence-corrected chi connectivity index (χ2v) is 6.47. The lowest BCUT2D eigenvalue weighted by Gasteiger charge is -2.22. The van der Waals surface area contributed by atoms with Crippen LogP contribution in [0, 0.1) is 0 Å². The molecule has 6 nitrogen and oxygen atoms in total. The molecule has 2 heterocycles. The zero-order valence-corrected chi connectivity index (χ0v) is 11.4. The van der Waals surface area contributed by atoms with Crippen LogP contribution in [0.15, 0.2) is 44.8 Å². The van der Waals surface area contributed by atoms with Crippen molar-refractivity contribution in [2.24, 2.45) is 0 Å². The summed E-state index contributed by atoms with van der Waals surface area (Å²) in [5.74, 6) is 0.838. The molecule has 7 heteroatoms. The second-order valence-electron chi connectivity index (χ2n) is 4.75. The minimum absolute atomic E-state index is 0.0488. The first-order valence-electron chi connectivity index (χ1n) is 6.33. The van der Waals surface area contributed by atoms with Crippen LogP contribution in [0.4, 0.5) is 0 Å². The van der Waals surface area contributed by atoms with Gasteiger partial charge in [-0.2, -0.15) is 0 Å². The molecule has 2 aromatic rings. The van der Waals surface area contributed by atoms with Gasteiger partial charge >= 0.3 is 0 Å². The summed E-state index contributed by atoms with van der Waals surface area (Å²) in [7, 11) is -3.66. The minimum atomic E-state index is -3.66. The lowest BCUT2D eigenvalue weighted by molar-refractivity contribution is 0.438. The summed E-state index contributed by atoms with van der Waals surface area (Å²) < 4.78 is 32.6. The Morgan fingerprint density at radius 1 is 1.30 bits per heavy atom. The molecule has 0 amide bonds. The van der Waals surface area contributed by atoms with Crippen LogP contribution in [0.25, 0.3) is 0 Å². The molecule has 2 aromatic heterocycles. The zero-order chi connectivity index (χ0) is 14.2. The van der Waals surface area contributed by atoms with E-state index >= 15 is 0 Å². The molecule has 0 radical (unpaired) electrons. The van der Waals surface area contributed by atoms with Gasteiger partial charge in [-0.05, 0) is 25.0 Å². The molecule has 0 saturated carbocycles. The van der Waals surface area contributed by atoms with Gasteiger partial charge in [0.2, 0.25) is 15.6 Å². The summed E-state index contributed by atoms with van der Waals surface area (Å²) in [6, 6.07) is 4.00. The van der Waals surface area contributed by atoms with E-state index in [1.807, 2.05) is 0 Å². The molecular formula is C13H14N2O4S. The van der Waals surface area contributed by atoms with E-state index in [4.69, 9.17) is 4.42 Å². The zero-order valence-electron chi connectivity index (χ0n) is 10.6. The number of fused-ring (bicyclic) bond motifs is 1. The van der Waals surface area contributed by atoms with E-state index in [1.54, 1.807) is 12.3 Å². The normalized spacial score (nSPS) is 18.7. The Hall–Kier alpha value is -1.86. The lowest BCUT2D eigenvalue weighted by atomic mass is 9.94. The maximum absolute atomic E-state index is 12.3. The van der Waals surface area contributed by atoms with E-state index in [9.17, 15) is 13.2 Å². The van der Waals surface area contributed by atoms with Crippen molar-refractivity contribution in [2.75, 3.05) is 0 Å². The number of pyridine rings is 1. The highest BCUT2D eigenvalue weighted by molar-refractivity contribution is 7.89. The van der Waals surface area contributed by atoms with Crippen LogP contribution >= 0.6 is 0 Å². The maximum atomic E-state index is 12.3. The maximum Gasteiger partial charge on any atom is 0.247 e. The largest absolute Gasteiger partial charge is 0.469 e. The Balaban J connectivity index is 1.88. The molecule has 106 valence electrons. The van der Waals surface area contributed by atoms with Crippen LogP contribution in [0.2, 0.25) is 0 Å². The third-order valence-electron chi connectivity index (χ3n) is 3.42. The molecule has 1 aliphatic carbocycles. The molecule has 0 spiro atoms. The average molecular weight is 294 g/mol. The summed E-state index contributed by atoms with van der Waals surface area (Å²) >= 11 is 0. The van der Waals surface area contributed by atoms with Gasteiger partial charge in [0.25, 0.3) is 0 Å². The average Bonchev–Trinajstić information content (AvgIpc) is 2.88. The van der Waals surface area contributed by atoms with E-state index in [1.165, 1.54) is 18.3 Å². The molecule has 1 unspecified atom stereocenters. The highest BCUT2D eigenvalue weighted by Crippen LogP contribution is 2.31. The first-order valence-corrected chi connectivity index (χ1v) is 7.82. The van der Waals surface area contributed by atoms with Crippen LogP contribution in [-0.4, -0.2) is 13.4 Å². The first-order chi connectivity index (χ1) is 9.56. The fourth-order valence-corrected chi connectivity index (χ4v) is 3.64. The van der Waals surface area contributed by atoms with Crippen molar-refractivity contribution < 1.29 is 12.8 Å².